The minimum Gasteiger partial charge on any atom is -0.393 e. The molecule has 1 saturated heterocycles. The molecule has 0 aromatic heterocycles. The zero-order valence-corrected chi connectivity index (χ0v) is 15.5. The Balaban J connectivity index is 1.53. The van der Waals surface area contributed by atoms with Gasteiger partial charge in [-0.15, -0.1) is 0 Å². The van der Waals surface area contributed by atoms with Crippen molar-refractivity contribution < 1.29 is 19.7 Å². The lowest BCUT2D eigenvalue weighted by Crippen LogP contribution is -2.59. The van der Waals surface area contributed by atoms with E-state index in [1.807, 2.05) is 0 Å². The Bertz CT molecular complexity index is 595. The predicted octanol–water partition coefficient (Wildman–Crippen LogP) is 3.02. The van der Waals surface area contributed by atoms with Crippen LogP contribution in [-0.2, 0) is 9.47 Å². The van der Waals surface area contributed by atoms with Gasteiger partial charge in [-0.25, -0.2) is 0 Å². The summed E-state index contributed by atoms with van der Waals surface area (Å²) in [6.45, 7) is 6.03. The number of rotatable bonds is 0. The van der Waals surface area contributed by atoms with Crippen molar-refractivity contribution in [3.05, 3.63) is 11.6 Å². The zero-order chi connectivity index (χ0) is 17.4. The van der Waals surface area contributed by atoms with Gasteiger partial charge in [0.2, 0.25) is 0 Å². The molecule has 5 aliphatic rings. The predicted molar refractivity (Wildman–Crippen MR) is 93.7 cm³/mol. The second kappa shape index (κ2) is 5.31. The summed E-state index contributed by atoms with van der Waals surface area (Å²) in [4.78, 5) is 0. The van der Waals surface area contributed by atoms with Gasteiger partial charge in [-0.05, 0) is 61.7 Å². The molecule has 4 nitrogen and oxygen atoms in total. The van der Waals surface area contributed by atoms with Crippen LogP contribution in [0.1, 0.15) is 58.8 Å². The summed E-state index contributed by atoms with van der Waals surface area (Å²) in [5.41, 5.74) is 1.37. The van der Waals surface area contributed by atoms with Crippen LogP contribution in [0, 0.1) is 28.6 Å². The fourth-order valence-corrected chi connectivity index (χ4v) is 7.65. The maximum atomic E-state index is 11.3. The van der Waals surface area contributed by atoms with E-state index in [4.69, 9.17) is 9.47 Å². The molecule has 1 aliphatic heterocycles. The Morgan fingerprint density at radius 1 is 1.08 bits per heavy atom. The van der Waals surface area contributed by atoms with Crippen molar-refractivity contribution in [2.75, 3.05) is 13.2 Å². The van der Waals surface area contributed by atoms with Gasteiger partial charge >= 0.3 is 0 Å². The van der Waals surface area contributed by atoms with E-state index < -0.39 is 5.79 Å². The highest BCUT2D eigenvalue weighted by molar-refractivity contribution is 5.27. The van der Waals surface area contributed by atoms with Crippen LogP contribution < -0.4 is 0 Å². The van der Waals surface area contributed by atoms with Crippen LogP contribution in [0.15, 0.2) is 11.6 Å². The number of hydrogen-bond donors (Lipinski definition) is 2. The van der Waals surface area contributed by atoms with E-state index in [-0.39, 0.29) is 23.0 Å². The molecule has 0 aromatic rings. The normalized spacial score (nSPS) is 53.9. The Morgan fingerprint density at radius 3 is 2.60 bits per heavy atom. The van der Waals surface area contributed by atoms with E-state index in [0.717, 1.165) is 44.9 Å². The van der Waals surface area contributed by atoms with Crippen molar-refractivity contribution in [1.29, 1.82) is 0 Å². The number of allylic oxidation sites excluding steroid dienone is 1. The molecule has 1 heterocycles. The monoisotopic (exact) mass is 348 g/mol. The molecule has 0 bridgehead atoms. The Kier molecular flexibility index (Phi) is 3.55. The van der Waals surface area contributed by atoms with Gasteiger partial charge in [-0.3, -0.25) is 0 Å². The molecular weight excluding hydrogens is 316 g/mol. The molecule has 4 aliphatic carbocycles. The third-order valence-electron chi connectivity index (χ3n) is 8.81. The minimum absolute atomic E-state index is 0.0516. The van der Waals surface area contributed by atoms with E-state index in [0.29, 0.717) is 31.0 Å². The van der Waals surface area contributed by atoms with Crippen LogP contribution in [0.25, 0.3) is 0 Å². The molecule has 2 N–H and O–H groups in total. The first-order valence-corrected chi connectivity index (χ1v) is 10.2. The van der Waals surface area contributed by atoms with Crippen LogP contribution in [0.5, 0.6) is 0 Å². The fraction of sp³-hybridized carbons (Fsp3) is 0.905. The number of hydrogen-bond acceptors (Lipinski definition) is 4. The number of aliphatic hydroxyl groups is 2. The van der Waals surface area contributed by atoms with Crippen LogP contribution in [-0.4, -0.2) is 41.4 Å². The van der Waals surface area contributed by atoms with Crippen LogP contribution in [0.2, 0.25) is 0 Å². The average molecular weight is 348 g/mol. The average Bonchev–Trinajstić information content (AvgIpc) is 3.15. The second-order valence-corrected chi connectivity index (χ2v) is 9.75. The number of aliphatic hydroxyl groups excluding tert-OH is 2. The van der Waals surface area contributed by atoms with E-state index in [2.05, 4.69) is 19.9 Å². The Hall–Kier alpha value is -0.420. The van der Waals surface area contributed by atoms with Crippen molar-refractivity contribution in [3.63, 3.8) is 0 Å². The molecule has 7 atom stereocenters. The number of ether oxygens (including phenoxy) is 2. The van der Waals surface area contributed by atoms with Crippen molar-refractivity contribution in [1.82, 2.24) is 0 Å². The molecule has 140 valence electrons. The van der Waals surface area contributed by atoms with Crippen molar-refractivity contribution in [2.45, 2.75) is 76.8 Å². The van der Waals surface area contributed by atoms with E-state index in [9.17, 15) is 10.2 Å². The van der Waals surface area contributed by atoms with Crippen molar-refractivity contribution in [3.8, 4) is 0 Å². The van der Waals surface area contributed by atoms with Gasteiger partial charge in [0.05, 0.1) is 25.4 Å². The highest BCUT2D eigenvalue weighted by Crippen LogP contribution is 2.68. The largest absolute Gasteiger partial charge is 0.393 e. The van der Waals surface area contributed by atoms with Gasteiger partial charge in [0.1, 0.15) is 0 Å². The Labute approximate surface area is 150 Å². The molecule has 3 unspecified atom stereocenters. The minimum atomic E-state index is -0.461. The standard InChI is InChI=1S/C21H32O4/c1-19-7-5-14(22)11-13(19)3-4-15-16-6-8-21(24-9-10-25-21)20(16,2)12-17(23)18(15)19/h3,14-18,22-23H,4-12H2,1-2H3/t14-,15?,16?,17-,18?,19-,20-/m0/s1. The number of fused-ring (bicyclic) bond motifs is 6. The molecule has 0 aromatic carbocycles. The Morgan fingerprint density at radius 2 is 1.84 bits per heavy atom. The second-order valence-electron chi connectivity index (χ2n) is 9.75. The lowest BCUT2D eigenvalue weighted by atomic mass is 9.46. The molecule has 3 saturated carbocycles. The summed E-state index contributed by atoms with van der Waals surface area (Å²) < 4.78 is 12.3. The van der Waals surface area contributed by atoms with E-state index >= 15 is 0 Å². The smallest absolute Gasteiger partial charge is 0.174 e. The molecule has 4 heteroatoms. The molecule has 0 amide bonds. The molecule has 1 spiro atoms. The van der Waals surface area contributed by atoms with Gasteiger partial charge < -0.3 is 19.7 Å². The van der Waals surface area contributed by atoms with Crippen molar-refractivity contribution in [2.24, 2.45) is 28.6 Å². The maximum Gasteiger partial charge on any atom is 0.174 e. The first kappa shape index (κ1) is 16.7. The first-order chi connectivity index (χ1) is 11.9. The fourth-order valence-electron chi connectivity index (χ4n) is 7.65. The van der Waals surface area contributed by atoms with E-state index in [1.165, 1.54) is 5.57 Å². The molecule has 25 heavy (non-hydrogen) atoms. The molecule has 4 fully saturated rings. The van der Waals surface area contributed by atoms with Crippen LogP contribution >= 0.6 is 0 Å². The summed E-state index contributed by atoms with van der Waals surface area (Å²) in [7, 11) is 0. The molecule has 0 radical (unpaired) electrons. The van der Waals surface area contributed by atoms with Crippen molar-refractivity contribution >= 4 is 0 Å². The van der Waals surface area contributed by atoms with Crippen LogP contribution in [0.4, 0.5) is 0 Å². The summed E-state index contributed by atoms with van der Waals surface area (Å²) in [6.07, 6.45) is 8.49. The topological polar surface area (TPSA) is 58.9 Å². The third-order valence-corrected chi connectivity index (χ3v) is 8.81. The molecule has 5 rings (SSSR count). The van der Waals surface area contributed by atoms with E-state index in [1.54, 1.807) is 0 Å². The van der Waals surface area contributed by atoms with Gasteiger partial charge in [-0.2, -0.15) is 0 Å². The van der Waals surface area contributed by atoms with Gasteiger partial charge in [0.15, 0.2) is 5.79 Å². The van der Waals surface area contributed by atoms with Gasteiger partial charge in [-0.1, -0.05) is 25.5 Å². The van der Waals surface area contributed by atoms with Crippen LogP contribution in [0.3, 0.4) is 0 Å². The SMILES string of the molecule is C[C@]12CC[C@H](O)CC1=CCC1C2[C@@H](O)C[C@@]2(C)C1CCC21OCCO1. The summed E-state index contributed by atoms with van der Waals surface area (Å²) in [5.74, 6) is 0.914. The lowest BCUT2D eigenvalue weighted by Gasteiger charge is -2.60. The van der Waals surface area contributed by atoms with Gasteiger partial charge in [0, 0.05) is 11.8 Å². The summed E-state index contributed by atoms with van der Waals surface area (Å²) in [5, 5.41) is 21.4. The van der Waals surface area contributed by atoms with Gasteiger partial charge in [0.25, 0.3) is 0 Å². The summed E-state index contributed by atoms with van der Waals surface area (Å²) in [6, 6.07) is 0. The highest BCUT2D eigenvalue weighted by atomic mass is 16.7. The highest BCUT2D eigenvalue weighted by Gasteiger charge is 2.68. The molecular formula is C21H32O4. The third kappa shape index (κ3) is 2.03. The maximum absolute atomic E-state index is 11.3. The summed E-state index contributed by atoms with van der Waals surface area (Å²) >= 11 is 0. The first-order valence-electron chi connectivity index (χ1n) is 10.2. The quantitative estimate of drug-likeness (QED) is 0.661. The zero-order valence-electron chi connectivity index (χ0n) is 15.5. The lowest BCUT2D eigenvalue weighted by molar-refractivity contribution is -0.256.